The standard InChI is InChI=1S/C17H27N3O/c1-5-20(15(2)14-19(3)4)11-8-12-21-17-10-7-6-9-16(17)13-18/h6-7,9-10,15H,5,8,11-12,14H2,1-4H3. The van der Waals surface area contributed by atoms with Gasteiger partial charge in [0, 0.05) is 19.1 Å². The van der Waals surface area contributed by atoms with Gasteiger partial charge in [-0.05, 0) is 46.1 Å². The minimum absolute atomic E-state index is 0.538. The van der Waals surface area contributed by atoms with Crippen LogP contribution in [-0.2, 0) is 0 Å². The molecule has 1 rings (SSSR count). The van der Waals surface area contributed by atoms with Gasteiger partial charge in [-0.1, -0.05) is 19.1 Å². The lowest BCUT2D eigenvalue weighted by atomic mass is 10.2. The van der Waals surface area contributed by atoms with Crippen LogP contribution in [0.4, 0.5) is 0 Å². The zero-order valence-electron chi connectivity index (χ0n) is 13.7. The third-order valence-corrected chi connectivity index (χ3v) is 3.51. The smallest absolute Gasteiger partial charge is 0.137 e. The van der Waals surface area contributed by atoms with Gasteiger partial charge in [0.2, 0.25) is 0 Å². The number of nitriles is 1. The SMILES string of the molecule is CCN(CCCOc1ccccc1C#N)C(C)CN(C)C. The molecule has 4 nitrogen and oxygen atoms in total. The highest BCUT2D eigenvalue weighted by Gasteiger charge is 2.12. The number of rotatable bonds is 9. The third kappa shape index (κ3) is 6.16. The summed E-state index contributed by atoms with van der Waals surface area (Å²) in [5, 5.41) is 9.02. The Morgan fingerprint density at radius 3 is 2.62 bits per heavy atom. The van der Waals surface area contributed by atoms with Crippen molar-refractivity contribution in [2.45, 2.75) is 26.3 Å². The Labute approximate surface area is 128 Å². The van der Waals surface area contributed by atoms with Crippen LogP contribution in [0.5, 0.6) is 5.75 Å². The zero-order chi connectivity index (χ0) is 15.7. The van der Waals surface area contributed by atoms with Crippen LogP contribution in [0.25, 0.3) is 0 Å². The topological polar surface area (TPSA) is 39.5 Å². The lowest BCUT2D eigenvalue weighted by molar-refractivity contribution is 0.168. The molecule has 1 unspecified atom stereocenters. The van der Waals surface area contributed by atoms with Crippen LogP contribution >= 0.6 is 0 Å². The highest BCUT2D eigenvalue weighted by atomic mass is 16.5. The molecule has 0 fully saturated rings. The Hall–Kier alpha value is -1.57. The number of para-hydroxylation sites is 1. The Balaban J connectivity index is 2.37. The minimum atomic E-state index is 0.538. The van der Waals surface area contributed by atoms with Gasteiger partial charge in [0.25, 0.3) is 0 Å². The summed E-state index contributed by atoms with van der Waals surface area (Å²) in [6.45, 7) is 8.22. The van der Waals surface area contributed by atoms with E-state index in [0.717, 1.165) is 26.1 Å². The van der Waals surface area contributed by atoms with E-state index in [9.17, 15) is 0 Å². The van der Waals surface area contributed by atoms with Gasteiger partial charge in [-0.2, -0.15) is 5.26 Å². The fourth-order valence-corrected chi connectivity index (χ4v) is 2.47. The first-order valence-electron chi connectivity index (χ1n) is 7.59. The molecular weight excluding hydrogens is 262 g/mol. The number of nitrogens with zero attached hydrogens (tertiary/aromatic N) is 3. The van der Waals surface area contributed by atoms with Gasteiger partial charge in [0.1, 0.15) is 11.8 Å². The molecule has 21 heavy (non-hydrogen) atoms. The van der Waals surface area contributed by atoms with E-state index in [4.69, 9.17) is 10.00 Å². The summed E-state index contributed by atoms with van der Waals surface area (Å²) >= 11 is 0. The summed E-state index contributed by atoms with van der Waals surface area (Å²) in [7, 11) is 4.21. The maximum absolute atomic E-state index is 9.02. The molecule has 0 aliphatic rings. The van der Waals surface area contributed by atoms with E-state index >= 15 is 0 Å². The maximum Gasteiger partial charge on any atom is 0.137 e. The maximum atomic E-state index is 9.02. The third-order valence-electron chi connectivity index (χ3n) is 3.51. The number of hydrogen-bond acceptors (Lipinski definition) is 4. The van der Waals surface area contributed by atoms with E-state index in [2.05, 4.69) is 43.8 Å². The molecule has 0 radical (unpaired) electrons. The van der Waals surface area contributed by atoms with E-state index in [-0.39, 0.29) is 0 Å². The predicted molar refractivity (Wildman–Crippen MR) is 86.5 cm³/mol. The summed E-state index contributed by atoms with van der Waals surface area (Å²) < 4.78 is 5.72. The molecule has 0 aliphatic heterocycles. The highest BCUT2D eigenvalue weighted by molar-refractivity contribution is 5.42. The summed E-state index contributed by atoms with van der Waals surface area (Å²) in [4.78, 5) is 4.67. The molecule has 0 heterocycles. The summed E-state index contributed by atoms with van der Waals surface area (Å²) in [6, 6.07) is 10.1. The normalized spacial score (nSPS) is 12.4. The van der Waals surface area contributed by atoms with Crippen molar-refractivity contribution in [2.75, 3.05) is 40.3 Å². The van der Waals surface area contributed by atoms with Crippen molar-refractivity contribution < 1.29 is 4.74 Å². The predicted octanol–water partition coefficient (Wildman–Crippen LogP) is 2.60. The first-order valence-corrected chi connectivity index (χ1v) is 7.59. The average molecular weight is 289 g/mol. The number of benzene rings is 1. The Morgan fingerprint density at radius 2 is 2.00 bits per heavy atom. The van der Waals surface area contributed by atoms with Gasteiger partial charge < -0.3 is 9.64 Å². The molecule has 0 amide bonds. The van der Waals surface area contributed by atoms with E-state index in [1.807, 2.05) is 18.2 Å². The van der Waals surface area contributed by atoms with Crippen LogP contribution < -0.4 is 4.74 Å². The number of ether oxygens (including phenoxy) is 1. The summed E-state index contributed by atoms with van der Waals surface area (Å²) in [5.74, 6) is 0.685. The summed E-state index contributed by atoms with van der Waals surface area (Å²) in [6.07, 6.45) is 0.964. The molecule has 1 atom stereocenters. The van der Waals surface area contributed by atoms with Gasteiger partial charge in [-0.3, -0.25) is 4.90 Å². The zero-order valence-corrected chi connectivity index (χ0v) is 13.7. The van der Waals surface area contributed by atoms with Crippen LogP contribution in [0, 0.1) is 11.3 Å². The number of hydrogen-bond donors (Lipinski definition) is 0. The molecule has 0 saturated carbocycles. The van der Waals surface area contributed by atoms with Gasteiger partial charge in [-0.15, -0.1) is 0 Å². The van der Waals surface area contributed by atoms with Crippen molar-refractivity contribution in [3.63, 3.8) is 0 Å². The van der Waals surface area contributed by atoms with E-state index in [1.165, 1.54) is 0 Å². The van der Waals surface area contributed by atoms with E-state index in [1.54, 1.807) is 6.07 Å². The minimum Gasteiger partial charge on any atom is -0.492 e. The first-order chi connectivity index (χ1) is 10.1. The van der Waals surface area contributed by atoms with Gasteiger partial charge in [0.15, 0.2) is 0 Å². The molecule has 1 aromatic carbocycles. The lowest BCUT2D eigenvalue weighted by Crippen LogP contribution is -2.40. The molecule has 1 aromatic rings. The van der Waals surface area contributed by atoms with Crippen LogP contribution in [0.3, 0.4) is 0 Å². The molecule has 0 N–H and O–H groups in total. The summed E-state index contributed by atoms with van der Waals surface area (Å²) in [5.41, 5.74) is 0.603. The molecule has 4 heteroatoms. The molecule has 0 bridgehead atoms. The number of likely N-dealkylation sites (N-methyl/N-ethyl adjacent to an activating group) is 2. The first kappa shape index (κ1) is 17.5. The second kappa shape index (κ2) is 9.38. The Morgan fingerprint density at radius 1 is 1.29 bits per heavy atom. The van der Waals surface area contributed by atoms with Crippen molar-refractivity contribution in [2.24, 2.45) is 0 Å². The van der Waals surface area contributed by atoms with Crippen molar-refractivity contribution in [3.8, 4) is 11.8 Å². The molecular formula is C17H27N3O. The van der Waals surface area contributed by atoms with Crippen molar-refractivity contribution in [1.82, 2.24) is 9.80 Å². The Kier molecular flexibility index (Phi) is 7.81. The molecule has 0 spiro atoms. The lowest BCUT2D eigenvalue weighted by Gasteiger charge is -2.29. The van der Waals surface area contributed by atoms with Crippen LogP contribution in [0.1, 0.15) is 25.8 Å². The monoisotopic (exact) mass is 289 g/mol. The average Bonchev–Trinajstić information content (AvgIpc) is 2.46. The fourth-order valence-electron chi connectivity index (χ4n) is 2.47. The quantitative estimate of drug-likeness (QED) is 0.655. The Bertz CT molecular complexity index is 454. The van der Waals surface area contributed by atoms with Crippen LogP contribution in [0.2, 0.25) is 0 Å². The van der Waals surface area contributed by atoms with Crippen molar-refractivity contribution >= 4 is 0 Å². The van der Waals surface area contributed by atoms with Crippen molar-refractivity contribution in [3.05, 3.63) is 29.8 Å². The van der Waals surface area contributed by atoms with Crippen molar-refractivity contribution in [1.29, 1.82) is 5.26 Å². The largest absolute Gasteiger partial charge is 0.492 e. The van der Waals surface area contributed by atoms with Gasteiger partial charge in [-0.25, -0.2) is 0 Å². The van der Waals surface area contributed by atoms with Gasteiger partial charge >= 0.3 is 0 Å². The second-order valence-corrected chi connectivity index (χ2v) is 5.55. The van der Waals surface area contributed by atoms with Gasteiger partial charge in [0.05, 0.1) is 12.2 Å². The second-order valence-electron chi connectivity index (χ2n) is 5.55. The van der Waals surface area contributed by atoms with E-state index in [0.29, 0.717) is 24.0 Å². The molecule has 0 saturated heterocycles. The van der Waals surface area contributed by atoms with Crippen LogP contribution in [0.15, 0.2) is 24.3 Å². The fraction of sp³-hybridized carbons (Fsp3) is 0.588. The van der Waals surface area contributed by atoms with E-state index < -0.39 is 0 Å². The molecule has 0 aromatic heterocycles. The van der Waals surface area contributed by atoms with Crippen LogP contribution in [-0.4, -0.2) is 56.2 Å². The molecule has 0 aliphatic carbocycles. The molecule has 116 valence electrons. The highest BCUT2D eigenvalue weighted by Crippen LogP contribution is 2.16.